The van der Waals surface area contributed by atoms with Crippen molar-refractivity contribution in [3.8, 4) is 5.75 Å². The smallest absolute Gasteiger partial charge is 0.345 e. The van der Waals surface area contributed by atoms with Crippen molar-refractivity contribution in [2.24, 2.45) is 0 Å². The highest BCUT2D eigenvalue weighted by atomic mass is 32.2. The molecule has 0 aliphatic carbocycles. The number of esters is 1. The van der Waals surface area contributed by atoms with Crippen molar-refractivity contribution in [3.05, 3.63) is 135 Å². The van der Waals surface area contributed by atoms with E-state index < -0.39 is 33.4 Å². The van der Waals surface area contributed by atoms with Gasteiger partial charge in [0.25, 0.3) is 17.4 Å². The fourth-order valence-corrected chi connectivity index (χ4v) is 9.08. The summed E-state index contributed by atoms with van der Waals surface area (Å²) in [5.41, 5.74) is 10.1. The summed E-state index contributed by atoms with van der Waals surface area (Å²) >= 11 is 0. The number of rotatable bonds is 18. The third-order valence-corrected chi connectivity index (χ3v) is 12.6. The number of aromatic nitrogens is 5. The van der Waals surface area contributed by atoms with Crippen LogP contribution >= 0.6 is 0 Å². The number of amides is 3. The van der Waals surface area contributed by atoms with E-state index >= 15 is 0 Å². The van der Waals surface area contributed by atoms with Crippen LogP contribution in [0.25, 0.3) is 33.0 Å². The van der Waals surface area contributed by atoms with E-state index in [2.05, 4.69) is 35.9 Å². The number of nitrogens with two attached hydrogens (primary N) is 1. The van der Waals surface area contributed by atoms with E-state index in [-0.39, 0.29) is 80.6 Å². The summed E-state index contributed by atoms with van der Waals surface area (Å²) in [7, 11) is -4.40. The van der Waals surface area contributed by atoms with Crippen LogP contribution in [0.15, 0.2) is 95.9 Å². The van der Waals surface area contributed by atoms with Gasteiger partial charge in [-0.1, -0.05) is 24.3 Å². The van der Waals surface area contributed by atoms with Gasteiger partial charge < -0.3 is 40.6 Å². The SMILES string of the molecule is Cc1cc(C(=O)NCCOCCNC(=O)C2CCCN2C(=O)c2ccc(NCc3cnc4nc(N)[nH]c(=O)c4n3)cc2)cc(C)c1OC(=O)c1c2ccccc2[n+](CCCS(=O)(=O)[O-])c2ccccc12. The minimum absolute atomic E-state index is 0.0450. The molecule has 1 unspecified atom stereocenters. The Labute approximate surface area is 401 Å². The zero-order valence-electron chi connectivity index (χ0n) is 38.3. The van der Waals surface area contributed by atoms with E-state index in [0.717, 1.165) is 0 Å². The number of carbonyl (C=O) groups is 4. The van der Waals surface area contributed by atoms with Gasteiger partial charge in [-0.05, 0) is 86.3 Å². The molecule has 20 nitrogen and oxygen atoms in total. The van der Waals surface area contributed by atoms with Gasteiger partial charge in [0.05, 0.1) is 58.1 Å². The summed E-state index contributed by atoms with van der Waals surface area (Å²) in [6.07, 6.45) is 2.80. The summed E-state index contributed by atoms with van der Waals surface area (Å²) in [4.78, 5) is 82.5. The van der Waals surface area contributed by atoms with Crippen LogP contribution in [-0.4, -0.2) is 106 Å². The molecular weight excluding hydrogens is 921 g/mol. The predicted octanol–water partition coefficient (Wildman–Crippen LogP) is 3.44. The highest BCUT2D eigenvalue weighted by Crippen LogP contribution is 2.30. The molecule has 7 aromatic rings. The maximum absolute atomic E-state index is 14.1. The molecule has 70 heavy (non-hydrogen) atoms. The summed E-state index contributed by atoms with van der Waals surface area (Å²) in [5.74, 6) is -1.76. The topological polar surface area (TPSA) is 285 Å². The molecule has 4 heterocycles. The number of likely N-dealkylation sites (tertiary alicyclic amines) is 1. The lowest BCUT2D eigenvalue weighted by molar-refractivity contribution is -0.645. The Morgan fingerprint density at radius 2 is 1.56 bits per heavy atom. The second kappa shape index (κ2) is 21.2. The fraction of sp³-hybridized carbons (Fsp3) is 0.286. The molecule has 362 valence electrons. The van der Waals surface area contributed by atoms with E-state index in [1.807, 2.05) is 28.8 Å². The molecule has 21 heteroatoms. The fourth-order valence-electron chi connectivity index (χ4n) is 8.59. The molecule has 4 aromatic carbocycles. The standard InChI is InChI=1S/C49H50N10O10S/c1-29-25-32(26-30(2)42(29)69-48(64)40-35-9-3-5-11-37(35)58(21-8-24-70(65,66)67)38-12-6-4-10-36(38)40)44(60)51-18-22-68-23-19-52-45(61)39-13-7-20-59(39)47(63)31-14-16-33(17-15-31)53-27-34-28-54-43-41(55-34)46(62)57-49(50)56-43/h3-6,9-12,14-17,25-26,28,39H,7-8,13,18-24,27H2,1-2H3,(H6-,50,51,52,53,54,56,57,60,61,62,63,65,66,67). The quantitative estimate of drug-likeness (QED) is 0.0206. The Balaban J connectivity index is 0.786. The molecule has 0 radical (unpaired) electrons. The lowest BCUT2D eigenvalue weighted by Gasteiger charge is -2.24. The first-order chi connectivity index (χ1) is 33.6. The minimum Gasteiger partial charge on any atom is -0.748 e. The van der Waals surface area contributed by atoms with Crippen LogP contribution in [0, 0.1) is 13.8 Å². The van der Waals surface area contributed by atoms with E-state index in [1.54, 1.807) is 79.4 Å². The molecule has 1 fully saturated rings. The number of fused-ring (bicyclic) bond motifs is 3. The first-order valence-corrected chi connectivity index (χ1v) is 24.1. The number of hydrogen-bond acceptors (Lipinski definition) is 15. The highest BCUT2D eigenvalue weighted by Gasteiger charge is 2.34. The van der Waals surface area contributed by atoms with Crippen molar-refractivity contribution in [3.63, 3.8) is 0 Å². The number of hydrogen-bond donors (Lipinski definition) is 5. The summed E-state index contributed by atoms with van der Waals surface area (Å²) < 4.78 is 47.7. The third kappa shape index (κ3) is 11.2. The predicted molar refractivity (Wildman–Crippen MR) is 258 cm³/mol. The molecule has 6 N–H and O–H groups in total. The first-order valence-electron chi connectivity index (χ1n) is 22.6. The Bertz CT molecular complexity index is 3250. The maximum Gasteiger partial charge on any atom is 0.345 e. The number of aromatic amines is 1. The summed E-state index contributed by atoms with van der Waals surface area (Å²) in [6, 6.07) is 23.9. The van der Waals surface area contributed by atoms with Gasteiger partial charge in [0.2, 0.25) is 22.9 Å². The van der Waals surface area contributed by atoms with E-state index in [0.29, 0.717) is 86.1 Å². The third-order valence-electron chi connectivity index (χ3n) is 11.8. The van der Waals surface area contributed by atoms with E-state index in [4.69, 9.17) is 15.2 Å². The molecule has 3 amide bonds. The van der Waals surface area contributed by atoms with Gasteiger partial charge >= 0.3 is 5.97 Å². The van der Waals surface area contributed by atoms with E-state index in [9.17, 15) is 36.9 Å². The van der Waals surface area contributed by atoms with Crippen molar-refractivity contribution in [1.82, 2.24) is 35.5 Å². The van der Waals surface area contributed by atoms with Gasteiger partial charge in [0.15, 0.2) is 17.7 Å². The number of carbonyl (C=O) groups excluding carboxylic acids is 4. The van der Waals surface area contributed by atoms with Crippen LogP contribution in [0.5, 0.6) is 5.75 Å². The molecule has 0 spiro atoms. The van der Waals surface area contributed by atoms with Crippen molar-refractivity contribution >= 4 is 78.4 Å². The molecular formula is C49H50N10O10S. The molecule has 3 aromatic heterocycles. The zero-order valence-corrected chi connectivity index (χ0v) is 39.1. The van der Waals surface area contributed by atoms with Crippen molar-refractivity contribution in [2.45, 2.75) is 52.2 Å². The number of H-pyrrole nitrogens is 1. The average molecular weight is 971 g/mol. The first kappa shape index (κ1) is 48.6. The van der Waals surface area contributed by atoms with E-state index in [1.165, 1.54) is 6.20 Å². The second-order valence-electron chi connectivity index (χ2n) is 16.7. The van der Waals surface area contributed by atoms with Crippen LogP contribution in [0.1, 0.15) is 67.2 Å². The van der Waals surface area contributed by atoms with Crippen molar-refractivity contribution in [1.29, 1.82) is 0 Å². The van der Waals surface area contributed by atoms with Crippen LogP contribution in [0.4, 0.5) is 11.6 Å². The Morgan fingerprint density at radius 1 is 0.900 bits per heavy atom. The number of nitrogens with one attached hydrogen (secondary N) is 4. The number of ether oxygens (including phenoxy) is 2. The van der Waals surface area contributed by atoms with Crippen LogP contribution < -0.4 is 36.5 Å². The summed E-state index contributed by atoms with van der Waals surface area (Å²) in [5, 5.41) is 10.1. The molecule has 0 saturated carbocycles. The van der Waals surface area contributed by atoms with Crippen LogP contribution in [0.3, 0.4) is 0 Å². The number of anilines is 2. The lowest BCUT2D eigenvalue weighted by Crippen LogP contribution is -2.46. The van der Waals surface area contributed by atoms with Gasteiger partial charge in [-0.2, -0.15) is 9.55 Å². The normalized spacial score (nSPS) is 13.7. The molecule has 8 rings (SSSR count). The van der Waals surface area contributed by atoms with Gasteiger partial charge in [0.1, 0.15) is 11.8 Å². The Hall–Kier alpha value is -7.88. The number of nitrogens with zero attached hydrogens (tertiary/aromatic N) is 5. The number of aryl methyl sites for hydroxylation is 3. The lowest BCUT2D eigenvalue weighted by atomic mass is 10.0. The highest BCUT2D eigenvalue weighted by molar-refractivity contribution is 7.85. The van der Waals surface area contributed by atoms with Crippen LogP contribution in [-0.2, 0) is 32.7 Å². The minimum atomic E-state index is -4.40. The largest absolute Gasteiger partial charge is 0.748 e. The number of nitrogen functional groups attached to an aromatic ring is 1. The Morgan fingerprint density at radius 3 is 2.23 bits per heavy atom. The molecule has 1 atom stereocenters. The molecule has 1 aliphatic heterocycles. The molecule has 1 aliphatic rings. The Kier molecular flexibility index (Phi) is 14.7. The van der Waals surface area contributed by atoms with Crippen LogP contribution in [0.2, 0.25) is 0 Å². The molecule has 1 saturated heterocycles. The van der Waals surface area contributed by atoms with Crippen molar-refractivity contribution < 1.29 is 46.2 Å². The van der Waals surface area contributed by atoms with Gasteiger partial charge in [-0.15, -0.1) is 0 Å². The summed E-state index contributed by atoms with van der Waals surface area (Å²) in [6.45, 7) is 5.17. The average Bonchev–Trinajstić information content (AvgIpc) is 3.84. The van der Waals surface area contributed by atoms with Gasteiger partial charge in [0, 0.05) is 60.8 Å². The number of benzene rings is 4. The molecule has 0 bridgehead atoms. The number of para-hydroxylation sites is 2. The van der Waals surface area contributed by atoms with Gasteiger partial charge in [-0.25, -0.2) is 23.2 Å². The second-order valence-corrected chi connectivity index (χ2v) is 18.3. The monoisotopic (exact) mass is 970 g/mol. The van der Waals surface area contributed by atoms with Gasteiger partial charge in [-0.3, -0.25) is 24.2 Å². The maximum atomic E-state index is 14.1. The number of pyridine rings is 1. The van der Waals surface area contributed by atoms with Crippen molar-refractivity contribution in [2.75, 3.05) is 49.7 Å². The zero-order chi connectivity index (χ0) is 49.5.